The minimum Gasteiger partial charge on any atom is -0.381 e. The van der Waals surface area contributed by atoms with Gasteiger partial charge < -0.3 is 15.0 Å². The molecule has 11 heteroatoms. The van der Waals surface area contributed by atoms with Crippen molar-refractivity contribution in [1.82, 2.24) is 15.1 Å². The lowest BCUT2D eigenvalue weighted by molar-refractivity contribution is -0.840. The highest BCUT2D eigenvalue weighted by Crippen LogP contribution is 2.44. The minimum atomic E-state index is -2.76. The number of benzene rings is 1. The number of quaternary nitrogens is 1. The fourth-order valence-corrected chi connectivity index (χ4v) is 8.09. The molecule has 0 spiro atoms. The summed E-state index contributed by atoms with van der Waals surface area (Å²) in [6, 6.07) is 6.04. The molecule has 2 heterocycles. The molecule has 0 radical (unpaired) electrons. The summed E-state index contributed by atoms with van der Waals surface area (Å²) < 4.78 is 34.2. The molecule has 3 amide bonds. The van der Waals surface area contributed by atoms with Crippen LogP contribution in [0.3, 0.4) is 0 Å². The van der Waals surface area contributed by atoms with Gasteiger partial charge in [-0.05, 0) is 79.0 Å². The van der Waals surface area contributed by atoms with Gasteiger partial charge in [-0.1, -0.05) is 23.7 Å². The molecule has 1 aromatic rings. The number of halogens is 3. The average molecular weight is 682 g/mol. The number of likely N-dealkylation sites (N-methyl/N-ethyl adjacent to an activating group) is 2. The second-order valence-corrected chi connectivity index (χ2v) is 16.2. The summed E-state index contributed by atoms with van der Waals surface area (Å²) in [6.07, 6.45) is 0.0337. The van der Waals surface area contributed by atoms with Gasteiger partial charge in [0.15, 0.2) is 6.04 Å². The van der Waals surface area contributed by atoms with Crippen LogP contribution in [0.2, 0.25) is 5.02 Å². The molecule has 0 aromatic heterocycles. The summed E-state index contributed by atoms with van der Waals surface area (Å²) in [7, 11) is 1.84. The number of carbonyl (C=O) groups excluding carboxylic acids is 3. The van der Waals surface area contributed by atoms with Crippen molar-refractivity contribution in [3.63, 3.8) is 0 Å². The number of amides is 3. The predicted octanol–water partition coefficient (Wildman–Crippen LogP) is 5.87. The maximum absolute atomic E-state index is 15.1. The molecule has 1 unspecified atom stereocenters. The number of rotatable bonds is 10. The first kappa shape index (κ1) is 37.7. The molecule has 8 nitrogen and oxygen atoms in total. The number of hydrogen-bond donors (Lipinski definition) is 1. The van der Waals surface area contributed by atoms with Crippen LogP contribution >= 0.6 is 11.6 Å². The zero-order valence-corrected chi connectivity index (χ0v) is 30.3. The lowest BCUT2D eigenvalue weighted by Gasteiger charge is -2.43. The van der Waals surface area contributed by atoms with E-state index >= 15 is 4.79 Å². The van der Waals surface area contributed by atoms with Crippen LogP contribution < -0.4 is 5.32 Å². The molecule has 2 saturated heterocycles. The molecule has 1 saturated carbocycles. The van der Waals surface area contributed by atoms with Gasteiger partial charge in [0, 0.05) is 68.0 Å². The number of hydrogen-bond acceptors (Lipinski definition) is 5. The van der Waals surface area contributed by atoms with Gasteiger partial charge in [-0.25, -0.2) is 13.6 Å². The van der Waals surface area contributed by atoms with Crippen molar-refractivity contribution in [2.24, 2.45) is 11.3 Å². The van der Waals surface area contributed by atoms with Crippen molar-refractivity contribution in [3.05, 3.63) is 34.9 Å². The lowest BCUT2D eigenvalue weighted by atomic mass is 9.86. The molecule has 3 aliphatic rings. The van der Waals surface area contributed by atoms with Gasteiger partial charge in [-0.15, -0.1) is 0 Å². The van der Waals surface area contributed by atoms with Crippen molar-refractivity contribution in [2.75, 3.05) is 46.4 Å². The first-order valence-corrected chi connectivity index (χ1v) is 17.7. The summed E-state index contributed by atoms with van der Waals surface area (Å²) in [6.45, 7) is 16.3. The number of carbonyl (C=O) groups is 3. The molecule has 1 aromatic carbocycles. The second-order valence-electron chi connectivity index (χ2n) is 15.7. The fourth-order valence-electron chi connectivity index (χ4n) is 7.96. The molecule has 1 N–H and O–H groups in total. The van der Waals surface area contributed by atoms with Crippen LogP contribution in [0.15, 0.2) is 24.3 Å². The van der Waals surface area contributed by atoms with E-state index in [9.17, 15) is 18.4 Å². The van der Waals surface area contributed by atoms with Gasteiger partial charge in [0.2, 0.25) is 11.8 Å². The average Bonchev–Trinajstić information content (AvgIpc) is 3.60. The number of ether oxygens (including phenoxy) is 1. The van der Waals surface area contributed by atoms with Crippen LogP contribution in [0.5, 0.6) is 0 Å². The second kappa shape index (κ2) is 14.4. The normalized spacial score (nSPS) is 28.7. The van der Waals surface area contributed by atoms with Gasteiger partial charge in [-0.3, -0.25) is 19.0 Å². The SMILES string of the molecule is CCNC(=O)[C@@H]1C[C@H](N(C(=O)C(C)(C)COCC)C2CCC(F)(F)CC2)C[N+]1(C)C(=O)[C@@H]1CN(C(C)(C)C)C[C@H]1c1ccc(Cl)cc1. The van der Waals surface area contributed by atoms with Crippen LogP contribution in [0, 0.1) is 11.3 Å². The Morgan fingerprint density at radius 2 is 1.66 bits per heavy atom. The van der Waals surface area contributed by atoms with Crippen molar-refractivity contribution in [1.29, 1.82) is 0 Å². The minimum absolute atomic E-state index is 0.0355. The summed E-state index contributed by atoms with van der Waals surface area (Å²) in [5.74, 6) is -3.71. The Balaban J connectivity index is 1.74. The van der Waals surface area contributed by atoms with E-state index in [1.54, 1.807) is 4.90 Å². The molecule has 2 aliphatic heterocycles. The summed E-state index contributed by atoms with van der Waals surface area (Å²) in [5, 5.41) is 3.58. The third-order valence-electron chi connectivity index (χ3n) is 10.8. The van der Waals surface area contributed by atoms with E-state index in [1.165, 1.54) is 0 Å². The smallest absolute Gasteiger partial charge is 0.319 e. The van der Waals surface area contributed by atoms with Gasteiger partial charge >= 0.3 is 5.91 Å². The largest absolute Gasteiger partial charge is 0.381 e. The first-order chi connectivity index (χ1) is 21.8. The number of nitrogens with one attached hydrogen (secondary N) is 1. The Morgan fingerprint density at radius 1 is 1.04 bits per heavy atom. The summed E-state index contributed by atoms with van der Waals surface area (Å²) in [5.41, 5.74) is -0.0663. The topological polar surface area (TPSA) is 79.0 Å². The Hall–Kier alpha value is -2.14. The molecule has 0 bridgehead atoms. The summed E-state index contributed by atoms with van der Waals surface area (Å²) >= 11 is 6.23. The van der Waals surface area contributed by atoms with Crippen LogP contribution in [0.4, 0.5) is 8.78 Å². The molecule has 264 valence electrons. The van der Waals surface area contributed by atoms with Crippen molar-refractivity contribution < 1.29 is 32.4 Å². The van der Waals surface area contributed by atoms with Crippen molar-refractivity contribution >= 4 is 29.3 Å². The molecule has 4 rings (SSSR count). The van der Waals surface area contributed by atoms with Crippen LogP contribution in [-0.2, 0) is 19.1 Å². The van der Waals surface area contributed by atoms with E-state index in [-0.39, 0.29) is 78.9 Å². The molecular weight excluding hydrogens is 626 g/mol. The van der Waals surface area contributed by atoms with E-state index in [0.717, 1.165) is 5.56 Å². The monoisotopic (exact) mass is 681 g/mol. The highest BCUT2D eigenvalue weighted by atomic mass is 35.5. The van der Waals surface area contributed by atoms with E-state index in [4.69, 9.17) is 16.3 Å². The van der Waals surface area contributed by atoms with E-state index in [1.807, 2.05) is 59.0 Å². The Bertz CT molecular complexity index is 1280. The fraction of sp³-hybridized carbons (Fsp3) is 0.750. The zero-order chi connectivity index (χ0) is 34.9. The standard InChI is InChI=1S/C36H55ClF2N4O4/c1-9-40-31(44)30-19-27(42(26-15-17-36(38,39)18-16-26)33(46)35(6,7)23-47-10-2)22-43(30,8)32(45)29-21-41(34(3,4)5)20-28(29)24-11-13-25(37)14-12-24/h11-14,26-30H,9-10,15-23H2,1-8H3/p+1/t27-,28-,29+,30-,43?/m0/s1. The molecule has 1 aliphatic carbocycles. The number of likely N-dealkylation sites (tertiary alicyclic amines) is 2. The Kier molecular flexibility index (Phi) is 11.5. The third-order valence-corrected chi connectivity index (χ3v) is 11.0. The molecule has 3 fully saturated rings. The van der Waals surface area contributed by atoms with Crippen LogP contribution in [0.25, 0.3) is 0 Å². The van der Waals surface area contributed by atoms with Crippen LogP contribution in [0.1, 0.15) is 92.1 Å². The first-order valence-electron chi connectivity index (χ1n) is 17.3. The van der Waals surface area contributed by atoms with E-state index < -0.39 is 35.4 Å². The van der Waals surface area contributed by atoms with Gasteiger partial charge in [0.05, 0.1) is 31.0 Å². The summed E-state index contributed by atoms with van der Waals surface area (Å²) in [4.78, 5) is 47.4. The lowest BCUT2D eigenvalue weighted by Crippen LogP contribution is -2.62. The maximum atomic E-state index is 15.1. The van der Waals surface area contributed by atoms with E-state index in [2.05, 4.69) is 31.0 Å². The third kappa shape index (κ3) is 8.19. The zero-order valence-electron chi connectivity index (χ0n) is 29.6. The Labute approximate surface area is 285 Å². The molecule has 47 heavy (non-hydrogen) atoms. The number of alkyl halides is 2. The maximum Gasteiger partial charge on any atom is 0.319 e. The van der Waals surface area contributed by atoms with Crippen molar-refractivity contribution in [2.45, 2.75) is 116 Å². The quantitative estimate of drug-likeness (QED) is 0.313. The number of nitrogens with zero attached hydrogens (tertiary/aromatic N) is 3. The highest BCUT2D eigenvalue weighted by molar-refractivity contribution is 6.30. The Morgan fingerprint density at radius 3 is 2.21 bits per heavy atom. The predicted molar refractivity (Wildman–Crippen MR) is 180 cm³/mol. The van der Waals surface area contributed by atoms with Crippen molar-refractivity contribution in [3.8, 4) is 0 Å². The highest BCUT2D eigenvalue weighted by Gasteiger charge is 2.60. The van der Waals surface area contributed by atoms with E-state index in [0.29, 0.717) is 31.3 Å². The van der Waals surface area contributed by atoms with Crippen LogP contribution in [-0.4, -0.2) is 108 Å². The molecule has 5 atom stereocenters. The van der Waals surface area contributed by atoms with Gasteiger partial charge in [-0.2, -0.15) is 0 Å². The molecular formula is C36H56ClF2N4O4+. The van der Waals surface area contributed by atoms with Gasteiger partial charge in [0.1, 0.15) is 6.54 Å². The van der Waals surface area contributed by atoms with Gasteiger partial charge in [0.25, 0.3) is 5.91 Å².